The Bertz CT molecular complexity index is 1320. The van der Waals surface area contributed by atoms with Gasteiger partial charge in [0.15, 0.2) is 5.13 Å². The normalized spacial score (nSPS) is 14.8. The van der Waals surface area contributed by atoms with Crippen LogP contribution in [-0.4, -0.2) is 35.7 Å². The molecule has 0 radical (unpaired) electrons. The van der Waals surface area contributed by atoms with Crippen molar-refractivity contribution in [3.05, 3.63) is 76.0 Å². The zero-order valence-electron chi connectivity index (χ0n) is 17.9. The van der Waals surface area contributed by atoms with E-state index in [4.69, 9.17) is 5.26 Å². The average molecular weight is 503 g/mol. The van der Waals surface area contributed by atoms with Crippen molar-refractivity contribution in [2.45, 2.75) is 25.1 Å². The summed E-state index contributed by atoms with van der Waals surface area (Å²) < 4.78 is 51.3. The van der Waals surface area contributed by atoms with Crippen molar-refractivity contribution in [3.63, 3.8) is 0 Å². The van der Waals surface area contributed by atoms with Crippen LogP contribution in [0.15, 0.2) is 48.7 Å². The van der Waals surface area contributed by atoms with Crippen LogP contribution in [0.25, 0.3) is 0 Å². The molecule has 2 N–H and O–H groups in total. The molecule has 12 heteroatoms. The summed E-state index contributed by atoms with van der Waals surface area (Å²) in [7, 11) is 0. The number of nitriles is 1. The quantitative estimate of drug-likeness (QED) is 0.505. The maximum Gasteiger partial charge on any atom is 0.471 e. The van der Waals surface area contributed by atoms with Crippen molar-refractivity contribution in [1.82, 2.24) is 10.3 Å². The summed E-state index contributed by atoms with van der Waals surface area (Å²) >= 11 is 1.17. The summed E-state index contributed by atoms with van der Waals surface area (Å²) in [6.45, 7) is -0.380. The van der Waals surface area contributed by atoms with Crippen molar-refractivity contribution >= 4 is 34.1 Å². The zero-order chi connectivity index (χ0) is 25.2. The van der Waals surface area contributed by atoms with E-state index >= 15 is 0 Å². The fourth-order valence-corrected chi connectivity index (χ4v) is 4.61. The SMILES string of the molecule is N#Cc1cc(Cc2cnc(NC(=O)N3c4ccccc4CC3CNC(=O)C(F)(F)F)s2)ccc1F. The number of amides is 3. The van der Waals surface area contributed by atoms with Gasteiger partial charge in [0.2, 0.25) is 0 Å². The Balaban J connectivity index is 1.47. The van der Waals surface area contributed by atoms with Crippen LogP contribution in [0.5, 0.6) is 0 Å². The highest BCUT2D eigenvalue weighted by Gasteiger charge is 2.40. The van der Waals surface area contributed by atoms with Gasteiger partial charge in [-0.1, -0.05) is 24.3 Å². The van der Waals surface area contributed by atoms with Gasteiger partial charge in [-0.15, -0.1) is 11.3 Å². The minimum absolute atomic E-state index is 0.0723. The molecule has 0 bridgehead atoms. The van der Waals surface area contributed by atoms with Gasteiger partial charge in [-0.3, -0.25) is 15.0 Å². The number of hydrogen-bond acceptors (Lipinski definition) is 5. The van der Waals surface area contributed by atoms with E-state index in [1.807, 2.05) is 5.32 Å². The summed E-state index contributed by atoms with van der Waals surface area (Å²) in [6, 6.07) is 11.6. The van der Waals surface area contributed by atoms with Crippen LogP contribution in [0.3, 0.4) is 0 Å². The molecule has 7 nitrogen and oxygen atoms in total. The number of fused-ring (bicyclic) bond motifs is 1. The molecule has 4 rings (SSSR count). The lowest BCUT2D eigenvalue weighted by Gasteiger charge is -2.25. The molecule has 1 aromatic heterocycles. The first-order valence-electron chi connectivity index (χ1n) is 10.3. The van der Waals surface area contributed by atoms with Crippen molar-refractivity contribution in [2.24, 2.45) is 0 Å². The molecule has 35 heavy (non-hydrogen) atoms. The third-order valence-electron chi connectivity index (χ3n) is 5.34. The van der Waals surface area contributed by atoms with E-state index in [0.717, 1.165) is 10.4 Å². The second kappa shape index (κ2) is 9.71. The van der Waals surface area contributed by atoms with E-state index in [-0.39, 0.29) is 23.7 Å². The summed E-state index contributed by atoms with van der Waals surface area (Å²) in [4.78, 5) is 30.6. The molecule has 0 saturated heterocycles. The highest BCUT2D eigenvalue weighted by atomic mass is 32.1. The lowest BCUT2D eigenvalue weighted by atomic mass is 10.1. The van der Waals surface area contributed by atoms with Crippen molar-refractivity contribution in [3.8, 4) is 6.07 Å². The van der Waals surface area contributed by atoms with E-state index in [1.54, 1.807) is 36.4 Å². The molecule has 1 aliphatic rings. The second-order valence-corrected chi connectivity index (χ2v) is 8.84. The molecule has 0 aliphatic carbocycles. The maximum absolute atomic E-state index is 13.5. The Morgan fingerprint density at radius 3 is 2.74 bits per heavy atom. The molecule has 3 amide bonds. The smallest absolute Gasteiger partial charge is 0.346 e. The molecule has 1 unspecified atom stereocenters. The summed E-state index contributed by atoms with van der Waals surface area (Å²) in [6.07, 6.45) is -2.85. The fraction of sp³-hybridized carbons (Fsp3) is 0.217. The molecule has 180 valence electrons. The Labute approximate surface area is 201 Å². The molecule has 1 atom stereocenters. The van der Waals surface area contributed by atoms with Gasteiger partial charge in [0, 0.05) is 29.7 Å². The number of aromatic nitrogens is 1. The Kier molecular flexibility index (Phi) is 6.70. The van der Waals surface area contributed by atoms with Crippen LogP contribution in [0.2, 0.25) is 0 Å². The van der Waals surface area contributed by atoms with E-state index in [9.17, 15) is 27.2 Å². The minimum atomic E-state index is -5.02. The maximum atomic E-state index is 13.5. The first-order chi connectivity index (χ1) is 16.7. The van der Waals surface area contributed by atoms with Gasteiger partial charge < -0.3 is 5.32 Å². The highest BCUT2D eigenvalue weighted by molar-refractivity contribution is 7.15. The Morgan fingerprint density at radius 2 is 2.00 bits per heavy atom. The van der Waals surface area contributed by atoms with Gasteiger partial charge in [-0.2, -0.15) is 18.4 Å². The van der Waals surface area contributed by atoms with Crippen LogP contribution < -0.4 is 15.5 Å². The molecular weight excluding hydrogens is 486 g/mol. The van der Waals surface area contributed by atoms with Crippen LogP contribution in [0.1, 0.15) is 21.6 Å². The van der Waals surface area contributed by atoms with E-state index in [2.05, 4.69) is 10.3 Å². The van der Waals surface area contributed by atoms with Crippen molar-refractivity contribution in [1.29, 1.82) is 5.26 Å². The third-order valence-corrected chi connectivity index (χ3v) is 6.26. The number of nitrogens with one attached hydrogen (secondary N) is 2. The molecule has 0 spiro atoms. The predicted octanol–water partition coefficient (Wildman–Crippen LogP) is 4.39. The number of carbonyl (C=O) groups is 2. The number of rotatable bonds is 5. The predicted molar refractivity (Wildman–Crippen MR) is 121 cm³/mol. The number of alkyl halides is 3. The average Bonchev–Trinajstić information content (AvgIpc) is 3.41. The monoisotopic (exact) mass is 503 g/mol. The van der Waals surface area contributed by atoms with Crippen molar-refractivity contribution < 1.29 is 27.2 Å². The van der Waals surface area contributed by atoms with Crippen LogP contribution in [0, 0.1) is 17.1 Å². The topological polar surface area (TPSA) is 98.1 Å². The zero-order valence-corrected chi connectivity index (χ0v) is 18.7. The lowest BCUT2D eigenvalue weighted by molar-refractivity contribution is -0.173. The minimum Gasteiger partial charge on any atom is -0.346 e. The molecular formula is C23H17F4N5O2S. The molecule has 1 aliphatic heterocycles. The third kappa shape index (κ3) is 5.41. The van der Waals surface area contributed by atoms with Crippen molar-refractivity contribution in [2.75, 3.05) is 16.8 Å². The lowest BCUT2D eigenvalue weighted by Crippen LogP contribution is -2.49. The molecule has 2 heterocycles. The number of carbonyl (C=O) groups excluding carboxylic acids is 2. The largest absolute Gasteiger partial charge is 0.471 e. The van der Waals surface area contributed by atoms with Gasteiger partial charge in [0.25, 0.3) is 0 Å². The van der Waals surface area contributed by atoms with Crippen LogP contribution in [0.4, 0.5) is 33.2 Å². The number of nitrogens with zero attached hydrogens (tertiary/aromatic N) is 3. The van der Waals surface area contributed by atoms with E-state index in [1.165, 1.54) is 34.6 Å². The first-order valence-corrected chi connectivity index (χ1v) is 11.1. The first kappa shape index (κ1) is 24.2. The number of thiazole rings is 1. The Morgan fingerprint density at radius 1 is 1.23 bits per heavy atom. The second-order valence-electron chi connectivity index (χ2n) is 7.73. The fourth-order valence-electron chi connectivity index (χ4n) is 3.78. The standard InChI is InChI=1S/C23H17F4N5O2S/c24-18-6-5-13(7-15(18)10-28)8-17-12-30-21(35-17)31-22(34)32-16(11-29-20(33)23(25,26)27)9-14-3-1-2-4-19(14)32/h1-7,12,16H,8-9,11H2,(H,29,33)(H,30,31,34). The van der Waals surface area contributed by atoms with Gasteiger partial charge in [-0.25, -0.2) is 14.2 Å². The summed E-state index contributed by atoms with van der Waals surface area (Å²) in [5, 5.41) is 13.7. The molecule has 2 aromatic carbocycles. The molecule has 0 saturated carbocycles. The Hall–Kier alpha value is -3.98. The van der Waals surface area contributed by atoms with Crippen LogP contribution in [-0.2, 0) is 17.6 Å². The van der Waals surface area contributed by atoms with E-state index in [0.29, 0.717) is 17.7 Å². The summed E-state index contributed by atoms with van der Waals surface area (Å²) in [5.41, 5.74) is 1.91. The highest BCUT2D eigenvalue weighted by Crippen LogP contribution is 2.33. The number of hydrogen-bond donors (Lipinski definition) is 2. The van der Waals surface area contributed by atoms with Gasteiger partial charge >= 0.3 is 18.1 Å². The number of halogens is 4. The number of para-hydroxylation sites is 1. The number of urea groups is 1. The molecule has 0 fully saturated rings. The van der Waals surface area contributed by atoms with Crippen LogP contribution >= 0.6 is 11.3 Å². The number of benzene rings is 2. The van der Waals surface area contributed by atoms with Gasteiger partial charge in [0.05, 0.1) is 11.6 Å². The van der Waals surface area contributed by atoms with E-state index < -0.39 is 30.0 Å². The number of anilines is 2. The summed E-state index contributed by atoms with van der Waals surface area (Å²) in [5.74, 6) is -2.68. The van der Waals surface area contributed by atoms with Gasteiger partial charge in [-0.05, 0) is 35.7 Å². The molecule has 3 aromatic rings. The van der Waals surface area contributed by atoms with Gasteiger partial charge in [0.1, 0.15) is 11.9 Å².